The van der Waals surface area contributed by atoms with Crippen molar-refractivity contribution in [1.29, 1.82) is 0 Å². The van der Waals surface area contributed by atoms with Crippen LogP contribution < -0.4 is 10.2 Å². The second-order valence-corrected chi connectivity index (χ2v) is 7.65. The molecule has 0 aliphatic rings. The molecule has 0 unspecified atom stereocenters. The van der Waals surface area contributed by atoms with Gasteiger partial charge in [-0.25, -0.2) is 8.42 Å². The topological polar surface area (TPSA) is 93.4 Å². The van der Waals surface area contributed by atoms with Gasteiger partial charge in [-0.3, -0.25) is 14.3 Å². The van der Waals surface area contributed by atoms with Gasteiger partial charge in [0.2, 0.25) is 10.0 Å². The molecule has 6 nitrogen and oxygen atoms in total. The molecule has 0 amide bonds. The van der Waals surface area contributed by atoms with Gasteiger partial charge in [0.15, 0.2) is 5.43 Å². The monoisotopic (exact) mass is 393 g/mol. The zero-order valence-corrected chi connectivity index (χ0v) is 15.6. The third-order valence-electron chi connectivity index (χ3n) is 3.75. The van der Waals surface area contributed by atoms with Gasteiger partial charge in [-0.15, -0.1) is 0 Å². The zero-order valence-electron chi connectivity index (χ0n) is 14.8. The van der Waals surface area contributed by atoms with Crippen molar-refractivity contribution in [3.05, 3.63) is 76.7 Å². The quantitative estimate of drug-likeness (QED) is 0.418. The lowest BCUT2D eigenvalue weighted by atomic mass is 10.0. The number of fused-ring (bicyclic) bond motifs is 1. The van der Waals surface area contributed by atoms with Gasteiger partial charge in [0.25, 0.3) is 0 Å². The lowest BCUT2D eigenvalue weighted by Gasteiger charge is -2.06. The maximum Gasteiger partial charge on any atom is 0.229 e. The molecule has 1 heterocycles. The summed E-state index contributed by atoms with van der Waals surface area (Å²) in [4.78, 5) is 23.0. The summed E-state index contributed by atoms with van der Waals surface area (Å²) in [6.07, 6.45) is 5.79. The van der Waals surface area contributed by atoms with Gasteiger partial charge < -0.3 is 4.42 Å². The average Bonchev–Trinajstić information content (AvgIpc) is 2.65. The lowest BCUT2D eigenvalue weighted by molar-refractivity contribution is -0.104. The van der Waals surface area contributed by atoms with Crippen LogP contribution in [0.5, 0.6) is 0 Å². The Morgan fingerprint density at radius 1 is 1.11 bits per heavy atom. The standard InChI is InChI=1S/C21H15NO5S/c1-28(25,26)22-17-9-7-16(8-10-17)19-14-27-20-13-15(5-3-2-4-12-23)6-11-18(20)21(19)24/h2,4,6-14,22H,1H3. The summed E-state index contributed by atoms with van der Waals surface area (Å²) in [6, 6.07) is 11.4. The molecule has 0 saturated carbocycles. The number of rotatable bonds is 4. The molecule has 0 aliphatic heterocycles. The summed E-state index contributed by atoms with van der Waals surface area (Å²) >= 11 is 0. The molecule has 0 fully saturated rings. The van der Waals surface area contributed by atoms with Gasteiger partial charge in [0.1, 0.15) is 18.1 Å². The number of allylic oxidation sites excluding steroid dienone is 2. The van der Waals surface area contributed by atoms with E-state index in [9.17, 15) is 18.0 Å². The molecule has 0 saturated heterocycles. The molecule has 1 N–H and O–H groups in total. The molecule has 0 spiro atoms. The Balaban J connectivity index is 1.96. The fourth-order valence-corrected chi connectivity index (χ4v) is 3.11. The normalized spacial score (nSPS) is 11.2. The Morgan fingerprint density at radius 2 is 1.86 bits per heavy atom. The van der Waals surface area contributed by atoms with E-state index in [4.69, 9.17) is 4.42 Å². The number of carbonyl (C=O) groups excluding carboxylic acids is 1. The number of hydrogen-bond donors (Lipinski definition) is 1. The fourth-order valence-electron chi connectivity index (χ4n) is 2.55. The Kier molecular flexibility index (Phi) is 5.43. The molecule has 3 rings (SSSR count). The van der Waals surface area contributed by atoms with Crippen LogP contribution in [-0.2, 0) is 14.8 Å². The third-order valence-corrected chi connectivity index (χ3v) is 4.35. The van der Waals surface area contributed by atoms with E-state index in [1.807, 2.05) is 0 Å². The molecule has 0 bridgehead atoms. The summed E-state index contributed by atoms with van der Waals surface area (Å²) < 4.78 is 30.5. The number of nitrogens with one attached hydrogen (secondary N) is 1. The van der Waals surface area contributed by atoms with Crippen molar-refractivity contribution in [2.45, 2.75) is 0 Å². The fraction of sp³-hybridized carbons (Fsp3) is 0.0476. The first-order valence-corrected chi connectivity index (χ1v) is 10.0. The number of benzene rings is 2. The molecule has 7 heteroatoms. The van der Waals surface area contributed by atoms with Crippen molar-refractivity contribution >= 4 is 33.0 Å². The smallest absolute Gasteiger partial charge is 0.229 e. The highest BCUT2D eigenvalue weighted by atomic mass is 32.2. The number of anilines is 1. The molecule has 3 aromatic rings. The van der Waals surface area contributed by atoms with E-state index in [2.05, 4.69) is 16.6 Å². The van der Waals surface area contributed by atoms with E-state index < -0.39 is 10.0 Å². The highest BCUT2D eigenvalue weighted by molar-refractivity contribution is 7.92. The predicted molar refractivity (Wildman–Crippen MR) is 108 cm³/mol. The summed E-state index contributed by atoms with van der Waals surface area (Å²) in [5.41, 5.74) is 2.22. The number of carbonyl (C=O) groups is 1. The van der Waals surface area contributed by atoms with Crippen LogP contribution in [0.25, 0.3) is 22.1 Å². The lowest BCUT2D eigenvalue weighted by Crippen LogP contribution is -2.09. The van der Waals surface area contributed by atoms with E-state index in [-0.39, 0.29) is 5.43 Å². The second-order valence-electron chi connectivity index (χ2n) is 5.91. The maximum atomic E-state index is 12.8. The minimum atomic E-state index is -3.37. The summed E-state index contributed by atoms with van der Waals surface area (Å²) in [5, 5.41) is 0.407. The third kappa shape index (κ3) is 4.55. The van der Waals surface area contributed by atoms with Crippen LogP contribution in [0.3, 0.4) is 0 Å². The summed E-state index contributed by atoms with van der Waals surface area (Å²) in [7, 11) is -3.37. The van der Waals surface area contributed by atoms with E-state index in [0.717, 1.165) is 6.26 Å². The zero-order chi connectivity index (χ0) is 20.1. The molecular formula is C21H15NO5S. The first-order valence-electron chi connectivity index (χ1n) is 8.13. The van der Waals surface area contributed by atoms with Crippen molar-refractivity contribution in [2.75, 3.05) is 11.0 Å². The molecule has 2 aromatic carbocycles. The summed E-state index contributed by atoms with van der Waals surface area (Å²) in [6.45, 7) is 0. The highest BCUT2D eigenvalue weighted by Crippen LogP contribution is 2.22. The maximum absolute atomic E-state index is 12.8. The molecule has 28 heavy (non-hydrogen) atoms. The Morgan fingerprint density at radius 3 is 2.54 bits per heavy atom. The average molecular weight is 393 g/mol. The van der Waals surface area contributed by atoms with Gasteiger partial charge in [-0.2, -0.15) is 0 Å². The van der Waals surface area contributed by atoms with Crippen LogP contribution in [0.1, 0.15) is 5.56 Å². The van der Waals surface area contributed by atoms with E-state index in [1.165, 1.54) is 18.4 Å². The Labute approximate surface area is 161 Å². The first-order chi connectivity index (χ1) is 13.4. The SMILES string of the molecule is CS(=O)(=O)Nc1ccc(-c2coc3cc(C#CC=CC=O)ccc3c2=O)cc1. The largest absolute Gasteiger partial charge is 0.463 e. The van der Waals surface area contributed by atoms with Gasteiger partial charge in [0.05, 0.1) is 17.2 Å². The van der Waals surface area contributed by atoms with Crippen LogP contribution in [0.2, 0.25) is 0 Å². The number of sulfonamides is 1. The molecule has 0 atom stereocenters. The summed E-state index contributed by atoms with van der Waals surface area (Å²) in [5.74, 6) is 5.56. The minimum Gasteiger partial charge on any atom is -0.463 e. The Bertz CT molecular complexity index is 1290. The van der Waals surface area contributed by atoms with Crippen LogP contribution in [-0.4, -0.2) is 21.0 Å². The number of hydrogen-bond acceptors (Lipinski definition) is 5. The van der Waals surface area contributed by atoms with Crippen molar-refractivity contribution in [1.82, 2.24) is 0 Å². The predicted octanol–water partition coefficient (Wildman–Crippen LogP) is 2.94. The van der Waals surface area contributed by atoms with Crippen molar-refractivity contribution in [3.8, 4) is 23.0 Å². The van der Waals surface area contributed by atoms with Gasteiger partial charge in [0, 0.05) is 11.3 Å². The van der Waals surface area contributed by atoms with Gasteiger partial charge in [-0.05, 0) is 48.0 Å². The van der Waals surface area contributed by atoms with Gasteiger partial charge >= 0.3 is 0 Å². The second kappa shape index (κ2) is 7.94. The van der Waals surface area contributed by atoms with Crippen molar-refractivity contribution in [2.24, 2.45) is 0 Å². The molecule has 0 aliphatic carbocycles. The van der Waals surface area contributed by atoms with Crippen LogP contribution in [0, 0.1) is 11.8 Å². The molecule has 140 valence electrons. The first kappa shape index (κ1) is 19.1. The molecular weight excluding hydrogens is 378 g/mol. The highest BCUT2D eigenvalue weighted by Gasteiger charge is 2.10. The van der Waals surface area contributed by atoms with Gasteiger partial charge in [-0.1, -0.05) is 24.0 Å². The molecule has 0 radical (unpaired) electrons. The van der Waals surface area contributed by atoms with Crippen LogP contribution in [0.4, 0.5) is 5.69 Å². The van der Waals surface area contributed by atoms with Crippen LogP contribution in [0.15, 0.2) is 70.1 Å². The van der Waals surface area contributed by atoms with E-state index in [1.54, 1.807) is 42.5 Å². The minimum absolute atomic E-state index is 0.203. The van der Waals surface area contributed by atoms with Crippen molar-refractivity contribution < 1.29 is 17.6 Å². The van der Waals surface area contributed by atoms with E-state index in [0.29, 0.717) is 39.6 Å². The molecule has 1 aromatic heterocycles. The van der Waals surface area contributed by atoms with Crippen molar-refractivity contribution in [3.63, 3.8) is 0 Å². The number of aldehydes is 1. The Hall–Kier alpha value is -3.63. The van der Waals surface area contributed by atoms with Crippen LogP contribution >= 0.6 is 0 Å². The van der Waals surface area contributed by atoms with E-state index >= 15 is 0 Å².